The molecule has 0 unspecified atom stereocenters. The van der Waals surface area contributed by atoms with Crippen LogP contribution in [0.15, 0.2) is 71.3 Å². The Morgan fingerprint density at radius 3 is 2.74 bits per heavy atom. The fourth-order valence-corrected chi connectivity index (χ4v) is 3.89. The first-order valence-electron chi connectivity index (χ1n) is 8.56. The Morgan fingerprint density at radius 1 is 1.00 bits per heavy atom. The molecule has 1 aliphatic carbocycles. The van der Waals surface area contributed by atoms with E-state index in [1.165, 1.54) is 41.5 Å². The number of benzene rings is 2. The molecule has 1 heterocycles. The van der Waals surface area contributed by atoms with Gasteiger partial charge in [-0.15, -0.1) is 0 Å². The summed E-state index contributed by atoms with van der Waals surface area (Å²) in [4.78, 5) is 0. The number of fused-ring (bicyclic) bond motifs is 1. The average Bonchev–Trinajstić information content (AvgIpc) is 3.15. The van der Waals surface area contributed by atoms with E-state index in [0.29, 0.717) is 5.92 Å². The molecule has 1 heteroatoms. The van der Waals surface area contributed by atoms with Crippen LogP contribution in [0.25, 0.3) is 11.3 Å². The number of rotatable bonds is 3. The van der Waals surface area contributed by atoms with Gasteiger partial charge in [0.05, 0.1) is 6.26 Å². The van der Waals surface area contributed by atoms with Crippen molar-refractivity contribution >= 4 is 0 Å². The predicted molar refractivity (Wildman–Crippen MR) is 94.5 cm³/mol. The highest BCUT2D eigenvalue weighted by molar-refractivity contribution is 5.59. The van der Waals surface area contributed by atoms with Crippen molar-refractivity contribution in [3.8, 4) is 11.3 Å². The fraction of sp³-hybridized carbons (Fsp3) is 0.273. The minimum Gasteiger partial charge on any atom is -0.464 e. The van der Waals surface area contributed by atoms with Crippen molar-refractivity contribution in [1.82, 2.24) is 0 Å². The van der Waals surface area contributed by atoms with E-state index < -0.39 is 0 Å². The summed E-state index contributed by atoms with van der Waals surface area (Å²) in [5.74, 6) is 2.23. The highest BCUT2D eigenvalue weighted by Crippen LogP contribution is 2.41. The average molecular weight is 302 g/mol. The van der Waals surface area contributed by atoms with Crippen LogP contribution < -0.4 is 0 Å². The smallest absolute Gasteiger partial charge is 0.133 e. The lowest BCUT2D eigenvalue weighted by atomic mass is 9.73. The van der Waals surface area contributed by atoms with Crippen LogP contribution in [0.5, 0.6) is 0 Å². The Morgan fingerprint density at radius 2 is 1.91 bits per heavy atom. The molecule has 0 N–H and O–H groups in total. The van der Waals surface area contributed by atoms with Crippen molar-refractivity contribution in [2.75, 3.05) is 0 Å². The van der Waals surface area contributed by atoms with Crippen molar-refractivity contribution in [1.29, 1.82) is 0 Å². The van der Waals surface area contributed by atoms with E-state index >= 15 is 0 Å². The molecule has 0 radical (unpaired) electrons. The maximum atomic E-state index is 5.57. The van der Waals surface area contributed by atoms with E-state index in [1.54, 1.807) is 6.26 Å². The van der Waals surface area contributed by atoms with Gasteiger partial charge in [-0.2, -0.15) is 0 Å². The second kappa shape index (κ2) is 6.08. The summed E-state index contributed by atoms with van der Waals surface area (Å²) in [5, 5.41) is 0. The summed E-state index contributed by atoms with van der Waals surface area (Å²) >= 11 is 0. The SMILES string of the molecule is CC[C@@H]1Cc2ccccc2[C@@H](c2cccc(-c3ccco3)c2)C1. The van der Waals surface area contributed by atoms with Crippen LogP contribution in [-0.2, 0) is 6.42 Å². The van der Waals surface area contributed by atoms with Gasteiger partial charge in [0.25, 0.3) is 0 Å². The first-order chi connectivity index (χ1) is 11.3. The van der Waals surface area contributed by atoms with E-state index in [4.69, 9.17) is 4.42 Å². The molecule has 0 spiro atoms. The van der Waals surface area contributed by atoms with Gasteiger partial charge in [0, 0.05) is 11.5 Å². The lowest BCUT2D eigenvalue weighted by molar-refractivity contribution is 0.416. The summed E-state index contributed by atoms with van der Waals surface area (Å²) in [6, 6.07) is 21.8. The second-order valence-electron chi connectivity index (χ2n) is 6.57. The summed E-state index contributed by atoms with van der Waals surface area (Å²) in [6.07, 6.45) is 5.46. The van der Waals surface area contributed by atoms with Crippen molar-refractivity contribution in [3.05, 3.63) is 83.6 Å². The number of hydrogen-bond donors (Lipinski definition) is 0. The van der Waals surface area contributed by atoms with Crippen LogP contribution in [0.2, 0.25) is 0 Å². The lowest BCUT2D eigenvalue weighted by Crippen LogP contribution is -2.19. The molecule has 0 amide bonds. The van der Waals surface area contributed by atoms with Gasteiger partial charge in [0.15, 0.2) is 0 Å². The summed E-state index contributed by atoms with van der Waals surface area (Å²) in [5.41, 5.74) is 5.61. The fourth-order valence-electron chi connectivity index (χ4n) is 3.89. The minimum atomic E-state index is 0.500. The van der Waals surface area contributed by atoms with Gasteiger partial charge >= 0.3 is 0 Å². The highest BCUT2D eigenvalue weighted by Gasteiger charge is 2.27. The van der Waals surface area contributed by atoms with E-state index in [9.17, 15) is 0 Å². The molecule has 2 aromatic carbocycles. The third-order valence-electron chi connectivity index (χ3n) is 5.18. The Labute approximate surface area is 138 Å². The summed E-state index contributed by atoms with van der Waals surface area (Å²) < 4.78 is 5.57. The topological polar surface area (TPSA) is 13.1 Å². The maximum absolute atomic E-state index is 5.57. The molecule has 0 bridgehead atoms. The van der Waals surface area contributed by atoms with Crippen molar-refractivity contribution < 1.29 is 4.42 Å². The van der Waals surface area contributed by atoms with E-state index in [0.717, 1.165) is 11.7 Å². The summed E-state index contributed by atoms with van der Waals surface area (Å²) in [6.45, 7) is 2.31. The third-order valence-corrected chi connectivity index (χ3v) is 5.18. The molecule has 1 aromatic heterocycles. The van der Waals surface area contributed by atoms with E-state index in [2.05, 4.69) is 55.5 Å². The monoisotopic (exact) mass is 302 g/mol. The van der Waals surface area contributed by atoms with Gasteiger partial charge in [0.2, 0.25) is 0 Å². The normalized spacial score (nSPS) is 20.2. The van der Waals surface area contributed by atoms with Crippen LogP contribution in [-0.4, -0.2) is 0 Å². The second-order valence-corrected chi connectivity index (χ2v) is 6.57. The van der Waals surface area contributed by atoms with Crippen LogP contribution >= 0.6 is 0 Å². The first kappa shape index (κ1) is 14.3. The van der Waals surface area contributed by atoms with Gasteiger partial charge < -0.3 is 4.42 Å². The van der Waals surface area contributed by atoms with Gasteiger partial charge in [0.1, 0.15) is 5.76 Å². The molecular formula is C22H22O. The predicted octanol–water partition coefficient (Wildman–Crippen LogP) is 6.05. The Balaban J connectivity index is 1.76. The van der Waals surface area contributed by atoms with Crippen molar-refractivity contribution in [2.24, 2.45) is 5.92 Å². The van der Waals surface area contributed by atoms with Crippen LogP contribution in [0.3, 0.4) is 0 Å². The lowest BCUT2D eigenvalue weighted by Gasteiger charge is -2.31. The van der Waals surface area contributed by atoms with Gasteiger partial charge in [-0.3, -0.25) is 0 Å². The van der Waals surface area contributed by atoms with Gasteiger partial charge in [-0.1, -0.05) is 55.8 Å². The molecule has 23 heavy (non-hydrogen) atoms. The van der Waals surface area contributed by atoms with Gasteiger partial charge in [-0.05, 0) is 53.6 Å². The minimum absolute atomic E-state index is 0.500. The molecule has 1 nitrogen and oxygen atoms in total. The van der Waals surface area contributed by atoms with E-state index in [1.807, 2.05) is 12.1 Å². The zero-order valence-corrected chi connectivity index (χ0v) is 13.5. The molecule has 3 aromatic rings. The molecule has 116 valence electrons. The van der Waals surface area contributed by atoms with Gasteiger partial charge in [-0.25, -0.2) is 0 Å². The zero-order chi connectivity index (χ0) is 15.6. The molecule has 0 fully saturated rings. The van der Waals surface area contributed by atoms with Crippen LogP contribution in [0, 0.1) is 5.92 Å². The Kier molecular flexibility index (Phi) is 3.78. The number of furan rings is 1. The molecule has 0 saturated carbocycles. The number of hydrogen-bond acceptors (Lipinski definition) is 1. The molecule has 1 aliphatic rings. The van der Waals surface area contributed by atoms with E-state index in [-0.39, 0.29) is 0 Å². The molecule has 0 aliphatic heterocycles. The van der Waals surface area contributed by atoms with Crippen LogP contribution in [0.1, 0.15) is 42.4 Å². The molecule has 2 atom stereocenters. The molecule has 4 rings (SSSR count). The quantitative estimate of drug-likeness (QED) is 0.574. The van der Waals surface area contributed by atoms with Crippen molar-refractivity contribution in [2.45, 2.75) is 32.1 Å². The molecular weight excluding hydrogens is 280 g/mol. The molecule has 0 saturated heterocycles. The Hall–Kier alpha value is -2.28. The highest BCUT2D eigenvalue weighted by atomic mass is 16.3. The third kappa shape index (κ3) is 2.72. The first-order valence-corrected chi connectivity index (χ1v) is 8.56. The standard InChI is InChI=1S/C22H22O/c1-2-16-13-17-7-3-4-10-20(17)21(14-16)18-8-5-9-19(15-18)22-11-6-12-23-22/h3-12,15-16,21H,2,13-14H2,1H3/t16-,21-/m1/s1. The summed E-state index contributed by atoms with van der Waals surface area (Å²) in [7, 11) is 0. The maximum Gasteiger partial charge on any atom is 0.133 e. The largest absolute Gasteiger partial charge is 0.464 e. The Bertz CT molecular complexity index is 785. The van der Waals surface area contributed by atoms with Crippen molar-refractivity contribution in [3.63, 3.8) is 0 Å². The zero-order valence-electron chi connectivity index (χ0n) is 13.5. The van der Waals surface area contributed by atoms with Crippen LogP contribution in [0.4, 0.5) is 0 Å².